The van der Waals surface area contributed by atoms with Gasteiger partial charge in [0.25, 0.3) is 0 Å². The lowest BCUT2D eigenvalue weighted by molar-refractivity contribution is -0.159. The van der Waals surface area contributed by atoms with Gasteiger partial charge in [0.1, 0.15) is 28.5 Å². The summed E-state index contributed by atoms with van der Waals surface area (Å²) in [6.45, 7) is 13.8. The maximum absolute atomic E-state index is 14.6. The summed E-state index contributed by atoms with van der Waals surface area (Å²) >= 11 is 6.37. The van der Waals surface area contributed by atoms with Gasteiger partial charge in [-0.2, -0.15) is 0 Å². The molecular formula is C30H35ClF2N2O4. The van der Waals surface area contributed by atoms with E-state index >= 15 is 0 Å². The number of benzene rings is 2. The van der Waals surface area contributed by atoms with Crippen LogP contribution in [0.5, 0.6) is 0 Å². The lowest BCUT2D eigenvalue weighted by Crippen LogP contribution is -2.35. The Labute approximate surface area is 233 Å². The normalized spacial score (nSPS) is 13.0. The van der Waals surface area contributed by atoms with Gasteiger partial charge in [-0.05, 0) is 50.5 Å². The fourth-order valence-electron chi connectivity index (χ4n) is 3.64. The Kier molecular flexibility index (Phi) is 10.3. The summed E-state index contributed by atoms with van der Waals surface area (Å²) in [5.74, 6) is -2.61. The zero-order valence-corrected chi connectivity index (χ0v) is 24.0. The summed E-state index contributed by atoms with van der Waals surface area (Å²) in [5, 5.41) is 14.5. The average Bonchev–Trinajstić information content (AvgIpc) is 2.77. The Morgan fingerprint density at radius 1 is 0.974 bits per heavy atom. The number of rotatable bonds is 7. The van der Waals surface area contributed by atoms with Crippen LogP contribution in [0.2, 0.25) is 5.02 Å². The number of hydrogen-bond acceptors (Lipinski definition) is 5. The van der Waals surface area contributed by atoms with Gasteiger partial charge < -0.3 is 15.2 Å². The number of carbonyl (C=O) groups is 2. The molecule has 6 nitrogen and oxygen atoms in total. The van der Waals surface area contributed by atoms with E-state index in [0.717, 1.165) is 12.1 Å². The van der Waals surface area contributed by atoms with E-state index in [0.29, 0.717) is 5.41 Å². The van der Waals surface area contributed by atoms with Crippen molar-refractivity contribution < 1.29 is 28.2 Å². The van der Waals surface area contributed by atoms with Gasteiger partial charge >= 0.3 is 5.97 Å². The van der Waals surface area contributed by atoms with E-state index < -0.39 is 40.8 Å². The zero-order valence-electron chi connectivity index (χ0n) is 23.2. The van der Waals surface area contributed by atoms with Crippen molar-refractivity contribution in [1.82, 2.24) is 4.98 Å². The highest BCUT2D eigenvalue weighted by Crippen LogP contribution is 2.44. The Bertz CT molecular complexity index is 1290. The largest absolute Gasteiger partial charge is 0.460 e. The highest BCUT2D eigenvalue weighted by molar-refractivity contribution is 6.31. The van der Waals surface area contributed by atoms with Crippen LogP contribution >= 0.6 is 11.6 Å². The number of nitrogens with zero attached hydrogens (tertiary/aromatic N) is 1. The molecule has 0 bridgehead atoms. The van der Waals surface area contributed by atoms with Crippen LogP contribution in [-0.2, 0) is 19.9 Å². The lowest BCUT2D eigenvalue weighted by Gasteiger charge is -2.32. The first-order chi connectivity index (χ1) is 18.0. The molecule has 2 aromatic carbocycles. The number of aliphatic hydroxyl groups is 1. The van der Waals surface area contributed by atoms with E-state index in [9.17, 15) is 23.5 Å². The fraction of sp³-hybridized carbons (Fsp3) is 0.367. The van der Waals surface area contributed by atoms with Crippen LogP contribution < -0.4 is 5.32 Å². The van der Waals surface area contributed by atoms with Crippen LogP contribution in [0.1, 0.15) is 66.0 Å². The molecular weight excluding hydrogens is 526 g/mol. The molecule has 0 aliphatic carbocycles. The molecule has 0 saturated heterocycles. The SMILES string of the molecule is CC(C)(C)C.CC(C)(C)OC(=O)CC(O)(c1ccccc1Cl)c1ccnc(-c2c(F)cccc2F)c1NC=O. The summed E-state index contributed by atoms with van der Waals surface area (Å²) in [6.07, 6.45) is 0.886. The second kappa shape index (κ2) is 12.7. The van der Waals surface area contributed by atoms with Gasteiger partial charge in [-0.25, -0.2) is 8.78 Å². The molecule has 210 valence electrons. The smallest absolute Gasteiger partial charge is 0.309 e. The van der Waals surface area contributed by atoms with E-state index in [1.165, 1.54) is 30.5 Å². The molecule has 0 saturated carbocycles. The zero-order chi connectivity index (χ0) is 29.6. The van der Waals surface area contributed by atoms with Crippen LogP contribution in [0.3, 0.4) is 0 Å². The third kappa shape index (κ3) is 8.83. The molecule has 39 heavy (non-hydrogen) atoms. The van der Waals surface area contributed by atoms with Gasteiger partial charge in [0, 0.05) is 22.3 Å². The summed E-state index contributed by atoms with van der Waals surface area (Å²) in [7, 11) is 0. The molecule has 0 aliphatic rings. The first-order valence-corrected chi connectivity index (χ1v) is 12.7. The summed E-state index contributed by atoms with van der Waals surface area (Å²) in [6, 6.07) is 10.9. The summed E-state index contributed by atoms with van der Waals surface area (Å²) < 4.78 is 34.6. The Morgan fingerprint density at radius 2 is 1.54 bits per heavy atom. The van der Waals surface area contributed by atoms with Crippen molar-refractivity contribution in [3.63, 3.8) is 0 Å². The maximum Gasteiger partial charge on any atom is 0.309 e. The molecule has 0 spiro atoms. The van der Waals surface area contributed by atoms with Gasteiger partial charge in [0.05, 0.1) is 17.7 Å². The predicted molar refractivity (Wildman–Crippen MR) is 149 cm³/mol. The molecule has 1 amide bonds. The number of aromatic nitrogens is 1. The molecule has 1 atom stereocenters. The van der Waals surface area contributed by atoms with Crippen LogP contribution in [0.15, 0.2) is 54.7 Å². The molecule has 3 aromatic rings. The first kappa shape index (κ1) is 31.9. The number of anilines is 1. The molecule has 1 unspecified atom stereocenters. The number of nitrogens with one attached hydrogen (secondary N) is 1. The van der Waals surface area contributed by atoms with Crippen LogP contribution in [0, 0.1) is 17.0 Å². The van der Waals surface area contributed by atoms with Gasteiger partial charge in [-0.3, -0.25) is 14.6 Å². The minimum atomic E-state index is -2.15. The minimum absolute atomic E-state index is 0.0498. The van der Waals surface area contributed by atoms with Crippen molar-refractivity contribution in [1.29, 1.82) is 0 Å². The number of esters is 1. The van der Waals surface area contributed by atoms with E-state index in [2.05, 4.69) is 38.0 Å². The number of pyridine rings is 1. The summed E-state index contributed by atoms with van der Waals surface area (Å²) in [5.41, 5.74) is -3.38. The number of carbonyl (C=O) groups excluding carboxylic acids is 2. The molecule has 9 heteroatoms. The van der Waals surface area contributed by atoms with Crippen LogP contribution in [0.4, 0.5) is 14.5 Å². The van der Waals surface area contributed by atoms with Crippen molar-refractivity contribution in [3.8, 4) is 11.3 Å². The van der Waals surface area contributed by atoms with Gasteiger partial charge in [0.15, 0.2) is 0 Å². The van der Waals surface area contributed by atoms with E-state index in [1.54, 1.807) is 32.9 Å². The Balaban J connectivity index is 0.000000976. The minimum Gasteiger partial charge on any atom is -0.460 e. The van der Waals surface area contributed by atoms with Gasteiger partial charge in [-0.1, -0.05) is 63.6 Å². The molecule has 3 rings (SSSR count). The monoisotopic (exact) mass is 560 g/mol. The van der Waals surface area contributed by atoms with E-state index in [-0.39, 0.29) is 33.9 Å². The topological polar surface area (TPSA) is 88.5 Å². The molecule has 0 aliphatic heterocycles. The van der Waals surface area contributed by atoms with E-state index in [1.807, 2.05) is 0 Å². The summed E-state index contributed by atoms with van der Waals surface area (Å²) in [4.78, 5) is 28.4. The average molecular weight is 561 g/mol. The molecule has 1 aromatic heterocycles. The molecule has 0 radical (unpaired) electrons. The highest BCUT2D eigenvalue weighted by atomic mass is 35.5. The number of halogens is 3. The van der Waals surface area contributed by atoms with Crippen molar-refractivity contribution in [2.24, 2.45) is 5.41 Å². The molecule has 0 fully saturated rings. The third-order valence-corrected chi connectivity index (χ3v) is 5.27. The predicted octanol–water partition coefficient (Wildman–Crippen LogP) is 7.27. The Morgan fingerprint density at radius 3 is 2.05 bits per heavy atom. The highest BCUT2D eigenvalue weighted by Gasteiger charge is 2.40. The number of amides is 1. The molecule has 2 N–H and O–H groups in total. The Hall–Kier alpha value is -3.36. The number of ether oxygens (including phenoxy) is 1. The molecule has 1 heterocycles. The third-order valence-electron chi connectivity index (χ3n) is 4.94. The van der Waals surface area contributed by atoms with Gasteiger partial charge in [-0.15, -0.1) is 0 Å². The van der Waals surface area contributed by atoms with Crippen molar-refractivity contribution in [3.05, 3.63) is 82.5 Å². The van der Waals surface area contributed by atoms with Crippen LogP contribution in [-0.4, -0.2) is 28.1 Å². The number of hydrogen-bond donors (Lipinski definition) is 2. The van der Waals surface area contributed by atoms with Crippen molar-refractivity contribution >= 4 is 29.7 Å². The lowest BCUT2D eigenvalue weighted by atomic mass is 9.82. The fourth-order valence-corrected chi connectivity index (χ4v) is 3.94. The van der Waals surface area contributed by atoms with Gasteiger partial charge in [0.2, 0.25) is 6.41 Å². The quantitative estimate of drug-likeness (QED) is 0.234. The maximum atomic E-state index is 14.6. The van der Waals surface area contributed by atoms with Crippen molar-refractivity contribution in [2.75, 3.05) is 5.32 Å². The van der Waals surface area contributed by atoms with Crippen molar-refractivity contribution in [2.45, 2.75) is 66.1 Å². The standard InChI is InChI=1S/C25H23ClF2N2O4.C5H12/c1-24(2,3)34-20(32)13-25(33,15-7-4-5-8-17(15)26)16-11-12-29-23(22(16)30-14-31)21-18(27)9-6-10-19(21)28;1-5(2,3)4/h4-12,14,33H,13H2,1-3H3,(H,30,31);1-4H3. The van der Waals surface area contributed by atoms with E-state index in [4.69, 9.17) is 16.3 Å². The second-order valence-electron chi connectivity index (χ2n) is 11.5. The van der Waals surface area contributed by atoms with Crippen LogP contribution in [0.25, 0.3) is 11.3 Å². The second-order valence-corrected chi connectivity index (χ2v) is 12.0. The first-order valence-electron chi connectivity index (χ1n) is 12.3.